The summed E-state index contributed by atoms with van der Waals surface area (Å²) in [5.41, 5.74) is 0. The summed E-state index contributed by atoms with van der Waals surface area (Å²) in [6.45, 7) is 2.57. The van der Waals surface area contributed by atoms with Gasteiger partial charge >= 0.3 is 0 Å². The second-order valence-electron chi connectivity index (χ2n) is 3.58. The summed E-state index contributed by atoms with van der Waals surface area (Å²) in [6, 6.07) is 0. The highest BCUT2D eigenvalue weighted by Gasteiger charge is 2.32. The Balaban J connectivity index is 2.27. The summed E-state index contributed by atoms with van der Waals surface area (Å²) < 4.78 is 25.4. The van der Waals surface area contributed by atoms with Crippen molar-refractivity contribution in [2.24, 2.45) is 0 Å². The molecule has 1 unspecified atom stereocenters. The van der Waals surface area contributed by atoms with E-state index in [-0.39, 0.29) is 10.4 Å². The standard InChI is InChI=1S/C8H12ClN3O2S/c1-6-10-4-8(11-6)15(13,14)12-3-2-7(9)5-12/h4,7H,2-3,5H2,1H3,(H,10,11). The maximum Gasteiger partial charge on any atom is 0.260 e. The highest BCUT2D eigenvalue weighted by atomic mass is 35.5. The highest BCUT2D eigenvalue weighted by molar-refractivity contribution is 7.89. The minimum absolute atomic E-state index is 0.0798. The van der Waals surface area contributed by atoms with E-state index >= 15 is 0 Å². The van der Waals surface area contributed by atoms with Crippen molar-refractivity contribution in [3.63, 3.8) is 0 Å². The molecule has 1 atom stereocenters. The zero-order valence-corrected chi connectivity index (χ0v) is 9.85. The van der Waals surface area contributed by atoms with Gasteiger partial charge in [0.2, 0.25) is 0 Å². The SMILES string of the molecule is Cc1ncc(S(=O)(=O)N2CCC(Cl)C2)[nH]1. The minimum Gasteiger partial charge on any atom is -0.332 e. The molecule has 0 bridgehead atoms. The molecule has 1 fully saturated rings. The molecule has 1 aliphatic rings. The lowest BCUT2D eigenvalue weighted by molar-refractivity contribution is 0.475. The van der Waals surface area contributed by atoms with E-state index in [1.54, 1.807) is 6.92 Å². The van der Waals surface area contributed by atoms with Crippen molar-refractivity contribution in [1.29, 1.82) is 0 Å². The quantitative estimate of drug-likeness (QED) is 0.786. The Morgan fingerprint density at radius 3 is 2.87 bits per heavy atom. The van der Waals surface area contributed by atoms with E-state index < -0.39 is 10.0 Å². The third-order valence-corrected chi connectivity index (χ3v) is 4.52. The second-order valence-corrected chi connectivity index (χ2v) is 6.11. The number of aryl methyl sites for hydroxylation is 1. The van der Waals surface area contributed by atoms with Crippen LogP contribution in [0.3, 0.4) is 0 Å². The average Bonchev–Trinajstić information content (AvgIpc) is 2.74. The number of imidazole rings is 1. The molecular weight excluding hydrogens is 238 g/mol. The summed E-state index contributed by atoms with van der Waals surface area (Å²) in [5.74, 6) is 0.593. The molecule has 0 aliphatic carbocycles. The number of hydrogen-bond donors (Lipinski definition) is 1. The van der Waals surface area contributed by atoms with Crippen molar-refractivity contribution in [3.8, 4) is 0 Å². The topological polar surface area (TPSA) is 66.1 Å². The Bertz CT molecular complexity index is 456. The van der Waals surface area contributed by atoms with E-state index in [0.717, 1.165) is 0 Å². The number of nitrogens with zero attached hydrogens (tertiary/aromatic N) is 2. The Kier molecular flexibility index (Phi) is 2.74. The van der Waals surface area contributed by atoms with Gasteiger partial charge in [-0.2, -0.15) is 4.31 Å². The van der Waals surface area contributed by atoms with Crippen LogP contribution in [0.4, 0.5) is 0 Å². The van der Waals surface area contributed by atoms with Gasteiger partial charge in [0.1, 0.15) is 5.82 Å². The van der Waals surface area contributed by atoms with Gasteiger partial charge in [-0.3, -0.25) is 0 Å². The highest BCUT2D eigenvalue weighted by Crippen LogP contribution is 2.22. The largest absolute Gasteiger partial charge is 0.332 e. The summed E-state index contributed by atoms with van der Waals surface area (Å²) in [4.78, 5) is 6.60. The Hall–Kier alpha value is -0.590. The van der Waals surface area contributed by atoms with Crippen LogP contribution in [0.5, 0.6) is 0 Å². The van der Waals surface area contributed by atoms with Crippen LogP contribution in [-0.4, -0.2) is 41.2 Å². The van der Waals surface area contributed by atoms with E-state index in [0.29, 0.717) is 25.3 Å². The molecular formula is C8H12ClN3O2S. The molecule has 0 spiro atoms. The van der Waals surface area contributed by atoms with Gasteiger partial charge in [0.05, 0.1) is 6.20 Å². The minimum atomic E-state index is -3.42. The molecule has 15 heavy (non-hydrogen) atoms. The predicted molar refractivity (Wildman–Crippen MR) is 56.3 cm³/mol. The lowest BCUT2D eigenvalue weighted by Crippen LogP contribution is -2.29. The summed E-state index contributed by atoms with van der Waals surface area (Å²) in [6.07, 6.45) is 2.04. The van der Waals surface area contributed by atoms with Crippen LogP contribution in [0.15, 0.2) is 11.2 Å². The number of halogens is 1. The first-order chi connectivity index (χ1) is 7.00. The molecule has 2 heterocycles. The van der Waals surface area contributed by atoms with Crippen LogP contribution in [-0.2, 0) is 10.0 Å². The van der Waals surface area contributed by atoms with E-state index in [9.17, 15) is 8.42 Å². The fourth-order valence-corrected chi connectivity index (χ4v) is 3.38. The number of H-pyrrole nitrogens is 1. The predicted octanol–water partition coefficient (Wildman–Crippen LogP) is 0.720. The van der Waals surface area contributed by atoms with Crippen molar-refractivity contribution in [3.05, 3.63) is 12.0 Å². The first-order valence-corrected chi connectivity index (χ1v) is 6.53. The number of hydrogen-bond acceptors (Lipinski definition) is 3. The van der Waals surface area contributed by atoms with Crippen molar-refractivity contribution in [2.75, 3.05) is 13.1 Å². The fraction of sp³-hybridized carbons (Fsp3) is 0.625. The van der Waals surface area contributed by atoms with Gasteiger partial charge < -0.3 is 4.98 Å². The molecule has 2 rings (SSSR count). The van der Waals surface area contributed by atoms with Crippen molar-refractivity contribution in [1.82, 2.24) is 14.3 Å². The number of alkyl halides is 1. The van der Waals surface area contributed by atoms with Crippen LogP contribution < -0.4 is 0 Å². The summed E-state index contributed by atoms with van der Waals surface area (Å²) in [7, 11) is -3.42. The molecule has 7 heteroatoms. The summed E-state index contributed by atoms with van der Waals surface area (Å²) in [5, 5.41) is 0.0644. The first-order valence-electron chi connectivity index (χ1n) is 4.66. The number of nitrogens with one attached hydrogen (secondary N) is 1. The Morgan fingerprint density at radius 2 is 2.40 bits per heavy atom. The molecule has 84 valence electrons. The van der Waals surface area contributed by atoms with E-state index in [4.69, 9.17) is 11.6 Å². The van der Waals surface area contributed by atoms with Crippen molar-refractivity contribution < 1.29 is 8.42 Å². The molecule has 0 saturated carbocycles. The van der Waals surface area contributed by atoms with E-state index in [1.807, 2.05) is 0 Å². The van der Waals surface area contributed by atoms with Gasteiger partial charge in [0, 0.05) is 18.5 Å². The van der Waals surface area contributed by atoms with Gasteiger partial charge in [-0.1, -0.05) is 0 Å². The lowest BCUT2D eigenvalue weighted by Gasteiger charge is -2.13. The zero-order chi connectivity index (χ0) is 11.1. The van der Waals surface area contributed by atoms with Gasteiger partial charge in [-0.05, 0) is 13.3 Å². The zero-order valence-electron chi connectivity index (χ0n) is 8.27. The van der Waals surface area contributed by atoms with E-state index in [1.165, 1.54) is 10.5 Å². The summed E-state index contributed by atoms with van der Waals surface area (Å²) >= 11 is 5.87. The van der Waals surface area contributed by atoms with Crippen LogP contribution in [0.2, 0.25) is 0 Å². The lowest BCUT2D eigenvalue weighted by atomic mass is 10.4. The molecule has 1 saturated heterocycles. The number of aromatic amines is 1. The monoisotopic (exact) mass is 249 g/mol. The average molecular weight is 250 g/mol. The van der Waals surface area contributed by atoms with Gasteiger partial charge in [0.15, 0.2) is 5.03 Å². The maximum absolute atomic E-state index is 12.0. The third kappa shape index (κ3) is 2.02. The molecule has 1 aromatic heterocycles. The third-order valence-electron chi connectivity index (χ3n) is 2.39. The number of aromatic nitrogens is 2. The van der Waals surface area contributed by atoms with Gasteiger partial charge in [-0.25, -0.2) is 13.4 Å². The Morgan fingerprint density at radius 1 is 1.67 bits per heavy atom. The normalized spacial score (nSPS) is 23.5. The van der Waals surface area contributed by atoms with Crippen LogP contribution in [0.25, 0.3) is 0 Å². The van der Waals surface area contributed by atoms with Crippen LogP contribution >= 0.6 is 11.6 Å². The molecule has 0 aromatic carbocycles. The molecule has 1 aliphatic heterocycles. The van der Waals surface area contributed by atoms with Crippen LogP contribution in [0.1, 0.15) is 12.2 Å². The molecule has 0 radical (unpaired) electrons. The van der Waals surface area contributed by atoms with Gasteiger partial charge in [-0.15, -0.1) is 11.6 Å². The Labute approximate surface area is 93.5 Å². The fourth-order valence-electron chi connectivity index (χ4n) is 1.57. The molecule has 1 N–H and O–H groups in total. The maximum atomic E-state index is 12.0. The van der Waals surface area contributed by atoms with Crippen LogP contribution in [0, 0.1) is 6.92 Å². The van der Waals surface area contributed by atoms with Crippen molar-refractivity contribution >= 4 is 21.6 Å². The first kappa shape index (κ1) is 10.9. The molecule has 1 aromatic rings. The van der Waals surface area contributed by atoms with Crippen molar-refractivity contribution in [2.45, 2.75) is 23.7 Å². The number of rotatable bonds is 2. The van der Waals surface area contributed by atoms with E-state index in [2.05, 4.69) is 9.97 Å². The molecule has 0 amide bonds. The molecule has 5 nitrogen and oxygen atoms in total. The number of sulfonamides is 1. The smallest absolute Gasteiger partial charge is 0.260 e. The van der Waals surface area contributed by atoms with Gasteiger partial charge in [0.25, 0.3) is 10.0 Å². The second kappa shape index (κ2) is 3.77.